The number of benzene rings is 1. The largest absolute Gasteiger partial charge is 0.497 e. The monoisotopic (exact) mass is 337 g/mol. The molecule has 4 heteroatoms. The van der Waals surface area contributed by atoms with Crippen LogP contribution in [0.15, 0.2) is 22.7 Å². The standard InChI is InChI=1S/C16H20BrNO2/c1-20-13-6-7-15(17)14(8-13)16(19)18(9-11-2-3-11)10-12-4-5-12/h6-8,11-12H,2-5,9-10H2,1H3. The number of nitrogens with zero attached hydrogens (tertiary/aromatic N) is 1. The van der Waals surface area contributed by atoms with E-state index >= 15 is 0 Å². The van der Waals surface area contributed by atoms with Crippen molar-refractivity contribution < 1.29 is 9.53 Å². The first kappa shape index (κ1) is 13.9. The van der Waals surface area contributed by atoms with E-state index in [4.69, 9.17) is 4.74 Å². The smallest absolute Gasteiger partial charge is 0.255 e. The van der Waals surface area contributed by atoms with Crippen molar-refractivity contribution in [1.82, 2.24) is 4.90 Å². The Balaban J connectivity index is 1.79. The quantitative estimate of drug-likeness (QED) is 0.791. The van der Waals surface area contributed by atoms with Gasteiger partial charge < -0.3 is 9.64 Å². The van der Waals surface area contributed by atoms with Crippen LogP contribution in [-0.2, 0) is 0 Å². The Morgan fingerprint density at radius 2 is 1.85 bits per heavy atom. The number of carbonyl (C=O) groups is 1. The van der Waals surface area contributed by atoms with Crippen LogP contribution in [-0.4, -0.2) is 31.0 Å². The number of rotatable bonds is 6. The summed E-state index contributed by atoms with van der Waals surface area (Å²) in [7, 11) is 1.63. The summed E-state index contributed by atoms with van der Waals surface area (Å²) in [6.07, 6.45) is 5.09. The van der Waals surface area contributed by atoms with Gasteiger partial charge in [0.05, 0.1) is 12.7 Å². The third-order valence-electron chi connectivity index (χ3n) is 4.04. The van der Waals surface area contributed by atoms with Crippen LogP contribution in [0.1, 0.15) is 36.0 Å². The molecule has 0 unspecified atom stereocenters. The molecule has 0 heterocycles. The van der Waals surface area contributed by atoms with E-state index in [0.29, 0.717) is 5.56 Å². The molecule has 1 aromatic rings. The summed E-state index contributed by atoms with van der Waals surface area (Å²) in [5, 5.41) is 0. The Labute approximate surface area is 128 Å². The van der Waals surface area contributed by atoms with E-state index in [2.05, 4.69) is 20.8 Å². The zero-order valence-electron chi connectivity index (χ0n) is 11.8. The SMILES string of the molecule is COc1ccc(Br)c(C(=O)N(CC2CC2)CC2CC2)c1. The van der Waals surface area contributed by atoms with E-state index in [1.54, 1.807) is 7.11 Å². The van der Waals surface area contributed by atoms with Crippen LogP contribution in [0, 0.1) is 11.8 Å². The predicted molar refractivity (Wildman–Crippen MR) is 82.0 cm³/mol. The highest BCUT2D eigenvalue weighted by molar-refractivity contribution is 9.10. The van der Waals surface area contributed by atoms with Crippen LogP contribution >= 0.6 is 15.9 Å². The maximum absolute atomic E-state index is 12.8. The summed E-state index contributed by atoms with van der Waals surface area (Å²) in [5.41, 5.74) is 0.714. The maximum Gasteiger partial charge on any atom is 0.255 e. The first-order chi connectivity index (χ1) is 9.67. The van der Waals surface area contributed by atoms with Crippen LogP contribution in [0.3, 0.4) is 0 Å². The second kappa shape index (κ2) is 5.76. The second-order valence-corrected chi connectivity index (χ2v) is 6.80. The Morgan fingerprint density at radius 3 is 2.35 bits per heavy atom. The fourth-order valence-corrected chi connectivity index (χ4v) is 2.85. The number of carbonyl (C=O) groups excluding carboxylic acids is 1. The molecular formula is C16H20BrNO2. The molecule has 2 fully saturated rings. The van der Waals surface area contributed by atoms with E-state index in [9.17, 15) is 4.79 Å². The van der Waals surface area contributed by atoms with Crippen LogP contribution in [0.5, 0.6) is 5.75 Å². The van der Waals surface area contributed by atoms with Gasteiger partial charge in [0.25, 0.3) is 5.91 Å². The van der Waals surface area contributed by atoms with Crippen molar-refractivity contribution in [3.63, 3.8) is 0 Å². The molecule has 3 rings (SSSR count). The summed E-state index contributed by atoms with van der Waals surface area (Å²) in [6.45, 7) is 1.83. The van der Waals surface area contributed by atoms with Crippen LogP contribution in [0.2, 0.25) is 0 Å². The number of methoxy groups -OCH3 is 1. The fraction of sp³-hybridized carbons (Fsp3) is 0.562. The van der Waals surface area contributed by atoms with E-state index in [1.807, 2.05) is 18.2 Å². The fourth-order valence-electron chi connectivity index (χ4n) is 2.43. The van der Waals surface area contributed by atoms with Crippen molar-refractivity contribution in [2.45, 2.75) is 25.7 Å². The van der Waals surface area contributed by atoms with Crippen molar-refractivity contribution in [3.05, 3.63) is 28.2 Å². The van der Waals surface area contributed by atoms with Gasteiger partial charge in [0, 0.05) is 17.6 Å². The summed E-state index contributed by atoms with van der Waals surface area (Å²) < 4.78 is 6.08. The molecule has 0 N–H and O–H groups in total. The molecule has 2 aliphatic carbocycles. The van der Waals surface area contributed by atoms with Gasteiger partial charge in [0.2, 0.25) is 0 Å². The minimum atomic E-state index is 0.134. The average molecular weight is 338 g/mol. The molecule has 2 saturated carbocycles. The summed E-state index contributed by atoms with van der Waals surface area (Å²) >= 11 is 3.49. The summed E-state index contributed by atoms with van der Waals surface area (Å²) in [4.78, 5) is 14.9. The normalized spacial score (nSPS) is 17.9. The van der Waals surface area contributed by atoms with Crippen LogP contribution in [0.4, 0.5) is 0 Å². The third kappa shape index (κ3) is 3.35. The molecule has 0 aliphatic heterocycles. The highest BCUT2D eigenvalue weighted by Crippen LogP contribution is 2.35. The minimum absolute atomic E-state index is 0.134. The summed E-state index contributed by atoms with van der Waals surface area (Å²) in [6, 6.07) is 5.59. The molecule has 0 aromatic heterocycles. The average Bonchev–Trinajstić information content (AvgIpc) is 3.33. The van der Waals surface area contributed by atoms with E-state index in [-0.39, 0.29) is 5.91 Å². The lowest BCUT2D eigenvalue weighted by atomic mass is 10.1. The zero-order valence-corrected chi connectivity index (χ0v) is 13.4. The minimum Gasteiger partial charge on any atom is -0.497 e. The van der Waals surface area contributed by atoms with Gasteiger partial charge in [-0.3, -0.25) is 4.79 Å². The van der Waals surface area contributed by atoms with E-state index < -0.39 is 0 Å². The Morgan fingerprint density at radius 1 is 1.25 bits per heavy atom. The Hall–Kier alpha value is -1.03. The van der Waals surface area contributed by atoms with Crippen LogP contribution < -0.4 is 4.74 Å². The molecule has 3 nitrogen and oxygen atoms in total. The predicted octanol–water partition coefficient (Wildman–Crippen LogP) is 3.72. The lowest BCUT2D eigenvalue weighted by Crippen LogP contribution is -2.35. The molecule has 108 valence electrons. The first-order valence-corrected chi connectivity index (χ1v) is 8.09. The van der Waals surface area contributed by atoms with Gasteiger partial charge in [0.15, 0.2) is 0 Å². The van der Waals surface area contributed by atoms with E-state index in [1.165, 1.54) is 25.7 Å². The van der Waals surface area contributed by atoms with Gasteiger partial charge in [-0.2, -0.15) is 0 Å². The molecule has 0 radical (unpaired) electrons. The topological polar surface area (TPSA) is 29.5 Å². The number of hydrogen-bond donors (Lipinski definition) is 0. The van der Waals surface area contributed by atoms with Crippen molar-refractivity contribution in [1.29, 1.82) is 0 Å². The van der Waals surface area contributed by atoms with E-state index in [0.717, 1.165) is 35.1 Å². The highest BCUT2D eigenvalue weighted by Gasteiger charge is 2.32. The van der Waals surface area contributed by atoms with Gasteiger partial charge >= 0.3 is 0 Å². The molecule has 0 saturated heterocycles. The number of ether oxygens (including phenoxy) is 1. The lowest BCUT2D eigenvalue weighted by molar-refractivity contribution is 0.0738. The third-order valence-corrected chi connectivity index (χ3v) is 4.73. The lowest BCUT2D eigenvalue weighted by Gasteiger charge is -2.23. The van der Waals surface area contributed by atoms with Gasteiger partial charge in [-0.05, 0) is 71.6 Å². The second-order valence-electron chi connectivity index (χ2n) is 5.94. The zero-order chi connectivity index (χ0) is 14.1. The maximum atomic E-state index is 12.8. The molecule has 0 spiro atoms. The van der Waals surface area contributed by atoms with Crippen molar-refractivity contribution >= 4 is 21.8 Å². The molecule has 2 aliphatic rings. The van der Waals surface area contributed by atoms with Gasteiger partial charge in [-0.25, -0.2) is 0 Å². The van der Waals surface area contributed by atoms with Gasteiger partial charge in [-0.15, -0.1) is 0 Å². The van der Waals surface area contributed by atoms with Gasteiger partial charge in [-0.1, -0.05) is 0 Å². The van der Waals surface area contributed by atoms with Crippen molar-refractivity contribution in [2.75, 3.05) is 20.2 Å². The number of hydrogen-bond acceptors (Lipinski definition) is 2. The molecule has 20 heavy (non-hydrogen) atoms. The molecular weight excluding hydrogens is 318 g/mol. The van der Waals surface area contributed by atoms with Crippen LogP contribution in [0.25, 0.3) is 0 Å². The number of amides is 1. The highest BCUT2D eigenvalue weighted by atomic mass is 79.9. The summed E-state index contributed by atoms with van der Waals surface area (Å²) in [5.74, 6) is 2.31. The Bertz CT molecular complexity index is 495. The molecule has 1 aromatic carbocycles. The van der Waals surface area contributed by atoms with Crippen molar-refractivity contribution in [3.8, 4) is 5.75 Å². The molecule has 0 bridgehead atoms. The van der Waals surface area contributed by atoms with Gasteiger partial charge in [0.1, 0.15) is 5.75 Å². The first-order valence-electron chi connectivity index (χ1n) is 7.30. The van der Waals surface area contributed by atoms with Crippen molar-refractivity contribution in [2.24, 2.45) is 11.8 Å². The number of halogens is 1. The molecule has 0 atom stereocenters. The Kier molecular flexibility index (Phi) is 4.01. The molecule has 1 amide bonds.